The molecule has 76 valence electrons. The van der Waals surface area contributed by atoms with Gasteiger partial charge in [0.25, 0.3) is 0 Å². The molecule has 1 fully saturated rings. The maximum atomic E-state index is 11.6. The lowest BCUT2D eigenvalue weighted by Crippen LogP contribution is -2.41. The Balaban J connectivity index is 2.49. The number of hydrogen-bond donors (Lipinski definition) is 1. The molecule has 0 saturated carbocycles. The van der Waals surface area contributed by atoms with Crippen molar-refractivity contribution in [3.8, 4) is 0 Å². The number of nitrogens with one attached hydrogen (secondary N) is 1. The summed E-state index contributed by atoms with van der Waals surface area (Å²) in [7, 11) is 0. The van der Waals surface area contributed by atoms with E-state index in [4.69, 9.17) is 0 Å². The summed E-state index contributed by atoms with van der Waals surface area (Å²) in [6, 6.07) is 0.451. The van der Waals surface area contributed by atoms with Gasteiger partial charge in [0.05, 0.1) is 0 Å². The van der Waals surface area contributed by atoms with Crippen LogP contribution in [0.4, 0.5) is 0 Å². The molecule has 1 rings (SSSR count). The predicted molar refractivity (Wildman–Crippen MR) is 53.6 cm³/mol. The van der Waals surface area contributed by atoms with Gasteiger partial charge in [0.2, 0.25) is 5.91 Å². The largest absolute Gasteiger partial charge is 0.338 e. The number of carbonyl (C=O) groups is 1. The van der Waals surface area contributed by atoms with Crippen molar-refractivity contribution in [1.29, 1.82) is 0 Å². The Morgan fingerprint density at radius 3 is 2.77 bits per heavy atom. The molecule has 0 aromatic carbocycles. The second kappa shape index (κ2) is 5.22. The van der Waals surface area contributed by atoms with Crippen molar-refractivity contribution in [1.82, 2.24) is 10.2 Å². The highest BCUT2D eigenvalue weighted by atomic mass is 16.2. The molecule has 1 unspecified atom stereocenters. The van der Waals surface area contributed by atoms with Crippen LogP contribution in [0.2, 0.25) is 0 Å². The molecule has 0 aliphatic carbocycles. The molecule has 1 heterocycles. The maximum absolute atomic E-state index is 11.6. The fraction of sp³-hybridized carbons (Fsp3) is 0.900. The van der Waals surface area contributed by atoms with Gasteiger partial charge < -0.3 is 10.2 Å². The van der Waals surface area contributed by atoms with Crippen LogP contribution in [0.1, 0.15) is 33.1 Å². The van der Waals surface area contributed by atoms with Gasteiger partial charge in [0, 0.05) is 25.6 Å². The number of nitrogens with zero attached hydrogens (tertiary/aromatic N) is 1. The Bertz CT molecular complexity index is 164. The average molecular weight is 184 g/mol. The SMILES string of the molecule is CCCN(C(=O)CC)C1CCNC1. The van der Waals surface area contributed by atoms with Crippen LogP contribution in [0.5, 0.6) is 0 Å². The molecule has 1 saturated heterocycles. The van der Waals surface area contributed by atoms with E-state index < -0.39 is 0 Å². The quantitative estimate of drug-likeness (QED) is 0.707. The monoisotopic (exact) mass is 184 g/mol. The lowest BCUT2D eigenvalue weighted by atomic mass is 10.2. The molecular weight excluding hydrogens is 164 g/mol. The van der Waals surface area contributed by atoms with Crippen molar-refractivity contribution in [3.63, 3.8) is 0 Å². The van der Waals surface area contributed by atoms with Crippen molar-refractivity contribution < 1.29 is 4.79 Å². The van der Waals surface area contributed by atoms with Crippen LogP contribution >= 0.6 is 0 Å². The first-order chi connectivity index (χ1) is 6.29. The Kier molecular flexibility index (Phi) is 4.22. The zero-order valence-corrected chi connectivity index (χ0v) is 8.68. The molecule has 13 heavy (non-hydrogen) atoms. The average Bonchev–Trinajstić information content (AvgIpc) is 2.65. The van der Waals surface area contributed by atoms with Crippen molar-refractivity contribution in [2.24, 2.45) is 0 Å². The molecular formula is C10H20N2O. The van der Waals surface area contributed by atoms with Crippen molar-refractivity contribution in [2.45, 2.75) is 39.2 Å². The van der Waals surface area contributed by atoms with Gasteiger partial charge in [-0.05, 0) is 19.4 Å². The fourth-order valence-electron chi connectivity index (χ4n) is 1.86. The van der Waals surface area contributed by atoms with E-state index in [1.165, 1.54) is 0 Å². The second-order valence-electron chi connectivity index (χ2n) is 3.59. The third-order valence-electron chi connectivity index (χ3n) is 2.56. The molecule has 1 amide bonds. The van der Waals surface area contributed by atoms with Gasteiger partial charge in [-0.3, -0.25) is 4.79 Å². The first-order valence-corrected chi connectivity index (χ1v) is 5.29. The zero-order chi connectivity index (χ0) is 9.68. The molecule has 0 aromatic heterocycles. The first kappa shape index (κ1) is 10.5. The Labute approximate surface area is 80.5 Å². The van der Waals surface area contributed by atoms with E-state index in [2.05, 4.69) is 12.2 Å². The Hall–Kier alpha value is -0.570. The topological polar surface area (TPSA) is 32.3 Å². The minimum absolute atomic E-state index is 0.301. The lowest BCUT2D eigenvalue weighted by molar-refractivity contribution is -0.132. The number of carbonyl (C=O) groups excluding carboxylic acids is 1. The summed E-state index contributed by atoms with van der Waals surface area (Å²) in [6.07, 6.45) is 2.81. The zero-order valence-electron chi connectivity index (χ0n) is 8.68. The van der Waals surface area contributed by atoms with Gasteiger partial charge in [-0.25, -0.2) is 0 Å². The van der Waals surface area contributed by atoms with Gasteiger partial charge in [-0.2, -0.15) is 0 Å². The van der Waals surface area contributed by atoms with Crippen LogP contribution in [0.15, 0.2) is 0 Å². The number of amides is 1. The van der Waals surface area contributed by atoms with E-state index in [9.17, 15) is 4.79 Å². The van der Waals surface area contributed by atoms with Gasteiger partial charge in [-0.15, -0.1) is 0 Å². The molecule has 3 nitrogen and oxygen atoms in total. The molecule has 0 spiro atoms. The highest BCUT2D eigenvalue weighted by molar-refractivity contribution is 5.76. The summed E-state index contributed by atoms with van der Waals surface area (Å²) < 4.78 is 0. The van der Waals surface area contributed by atoms with E-state index in [-0.39, 0.29) is 0 Å². The third-order valence-corrected chi connectivity index (χ3v) is 2.56. The van der Waals surface area contributed by atoms with Crippen LogP contribution < -0.4 is 5.32 Å². The molecule has 1 aliphatic rings. The van der Waals surface area contributed by atoms with E-state index in [1.54, 1.807) is 0 Å². The number of rotatable bonds is 4. The molecule has 0 aromatic rings. The molecule has 3 heteroatoms. The van der Waals surface area contributed by atoms with Gasteiger partial charge in [0.1, 0.15) is 0 Å². The van der Waals surface area contributed by atoms with Crippen molar-refractivity contribution in [2.75, 3.05) is 19.6 Å². The fourth-order valence-corrected chi connectivity index (χ4v) is 1.86. The Morgan fingerprint density at radius 1 is 1.54 bits per heavy atom. The van der Waals surface area contributed by atoms with Crippen LogP contribution in [-0.2, 0) is 4.79 Å². The molecule has 0 bridgehead atoms. The van der Waals surface area contributed by atoms with Crippen LogP contribution in [0, 0.1) is 0 Å². The van der Waals surface area contributed by atoms with Crippen LogP contribution in [0.3, 0.4) is 0 Å². The van der Waals surface area contributed by atoms with Crippen LogP contribution in [-0.4, -0.2) is 36.5 Å². The second-order valence-corrected chi connectivity index (χ2v) is 3.59. The minimum Gasteiger partial charge on any atom is -0.338 e. The summed E-state index contributed by atoms with van der Waals surface area (Å²) in [4.78, 5) is 13.6. The normalized spacial score (nSPS) is 21.8. The van der Waals surface area contributed by atoms with Gasteiger partial charge in [-0.1, -0.05) is 13.8 Å². The smallest absolute Gasteiger partial charge is 0.222 e. The summed E-state index contributed by atoms with van der Waals surface area (Å²) in [5.41, 5.74) is 0. The minimum atomic E-state index is 0.301. The van der Waals surface area contributed by atoms with Crippen molar-refractivity contribution in [3.05, 3.63) is 0 Å². The highest BCUT2D eigenvalue weighted by Gasteiger charge is 2.24. The molecule has 1 atom stereocenters. The summed E-state index contributed by atoms with van der Waals surface area (Å²) in [6.45, 7) is 7.01. The summed E-state index contributed by atoms with van der Waals surface area (Å²) >= 11 is 0. The van der Waals surface area contributed by atoms with E-state index in [0.29, 0.717) is 18.4 Å². The van der Waals surface area contributed by atoms with Crippen LogP contribution in [0.25, 0.3) is 0 Å². The first-order valence-electron chi connectivity index (χ1n) is 5.29. The lowest BCUT2D eigenvalue weighted by Gasteiger charge is -2.27. The molecule has 1 N–H and O–H groups in total. The van der Waals surface area contributed by atoms with E-state index >= 15 is 0 Å². The predicted octanol–water partition coefficient (Wildman–Crippen LogP) is 0.997. The summed E-state index contributed by atoms with van der Waals surface area (Å²) in [5, 5.41) is 3.30. The highest BCUT2D eigenvalue weighted by Crippen LogP contribution is 2.10. The number of hydrogen-bond acceptors (Lipinski definition) is 2. The van der Waals surface area contributed by atoms with E-state index in [1.807, 2.05) is 11.8 Å². The Morgan fingerprint density at radius 2 is 2.31 bits per heavy atom. The molecule has 0 radical (unpaired) electrons. The maximum Gasteiger partial charge on any atom is 0.222 e. The molecule has 1 aliphatic heterocycles. The van der Waals surface area contributed by atoms with Gasteiger partial charge >= 0.3 is 0 Å². The third kappa shape index (κ3) is 2.69. The van der Waals surface area contributed by atoms with Gasteiger partial charge in [0.15, 0.2) is 0 Å². The van der Waals surface area contributed by atoms with E-state index in [0.717, 1.165) is 32.5 Å². The van der Waals surface area contributed by atoms with Crippen molar-refractivity contribution >= 4 is 5.91 Å². The summed E-state index contributed by atoms with van der Waals surface area (Å²) in [5.74, 6) is 0.301. The standard InChI is InChI=1S/C10H20N2O/c1-3-7-12(10(13)4-2)9-5-6-11-8-9/h9,11H,3-8H2,1-2H3.